The van der Waals surface area contributed by atoms with Gasteiger partial charge in [0.1, 0.15) is 0 Å². The zero-order valence-corrected chi connectivity index (χ0v) is 13.7. The maximum absolute atomic E-state index is 4.31. The summed E-state index contributed by atoms with van der Waals surface area (Å²) in [6, 6.07) is 2.96. The highest BCUT2D eigenvalue weighted by Crippen LogP contribution is 2.37. The number of nitrogens with zero attached hydrogens (tertiary/aromatic N) is 4. The molecule has 0 unspecified atom stereocenters. The number of rotatable bonds is 6. The Hall–Kier alpha value is -0.870. The van der Waals surface area contributed by atoms with E-state index in [1.165, 1.54) is 71.2 Å². The second-order valence-corrected chi connectivity index (χ2v) is 7.67. The van der Waals surface area contributed by atoms with E-state index in [4.69, 9.17) is 0 Å². The molecular weight excluding hydrogens is 272 g/mol. The topological polar surface area (TPSA) is 24.3 Å². The van der Waals surface area contributed by atoms with Crippen LogP contribution in [0, 0.1) is 11.8 Å². The Morgan fingerprint density at radius 1 is 1.00 bits per heavy atom. The Morgan fingerprint density at radius 3 is 2.59 bits per heavy atom. The van der Waals surface area contributed by atoms with E-state index in [0.29, 0.717) is 0 Å². The fraction of sp³-hybridized carbons (Fsp3) is 0.833. The van der Waals surface area contributed by atoms with Gasteiger partial charge in [0.25, 0.3) is 0 Å². The van der Waals surface area contributed by atoms with Crippen molar-refractivity contribution < 1.29 is 0 Å². The average Bonchev–Trinajstić information content (AvgIpc) is 3.29. The van der Waals surface area contributed by atoms with Crippen molar-refractivity contribution in [3.05, 3.63) is 18.5 Å². The first-order chi connectivity index (χ1) is 10.9. The summed E-state index contributed by atoms with van der Waals surface area (Å²) < 4.78 is 2.08. The first kappa shape index (κ1) is 14.7. The van der Waals surface area contributed by atoms with E-state index < -0.39 is 0 Å². The summed E-state index contributed by atoms with van der Waals surface area (Å²) in [4.78, 5) is 5.48. The van der Waals surface area contributed by atoms with E-state index in [1.54, 1.807) is 0 Å². The van der Waals surface area contributed by atoms with Crippen LogP contribution in [-0.2, 0) is 6.54 Å². The van der Waals surface area contributed by atoms with Crippen molar-refractivity contribution in [2.75, 3.05) is 32.7 Å². The Labute approximate surface area is 134 Å². The molecule has 4 heteroatoms. The van der Waals surface area contributed by atoms with Crippen molar-refractivity contribution >= 4 is 0 Å². The summed E-state index contributed by atoms with van der Waals surface area (Å²) >= 11 is 0. The van der Waals surface area contributed by atoms with E-state index in [2.05, 4.69) is 25.8 Å². The SMILES string of the molecule is c1cnn(CCC2CCN(CCN3C[C@H]4CC[C@@H]3C4)CC2)c1. The van der Waals surface area contributed by atoms with Gasteiger partial charge in [0.05, 0.1) is 0 Å². The minimum absolute atomic E-state index is 0.906. The quantitative estimate of drug-likeness (QED) is 0.807. The summed E-state index contributed by atoms with van der Waals surface area (Å²) in [6.45, 7) is 7.73. The second-order valence-electron chi connectivity index (χ2n) is 7.67. The van der Waals surface area contributed by atoms with Crippen LogP contribution in [0.25, 0.3) is 0 Å². The van der Waals surface area contributed by atoms with Gasteiger partial charge in [-0.05, 0) is 69.5 Å². The summed E-state index contributed by atoms with van der Waals surface area (Å²) in [7, 11) is 0. The molecule has 0 radical (unpaired) electrons. The molecule has 2 atom stereocenters. The first-order valence-electron chi connectivity index (χ1n) is 9.30. The molecule has 2 bridgehead atoms. The van der Waals surface area contributed by atoms with Crippen LogP contribution in [-0.4, -0.2) is 58.3 Å². The maximum atomic E-state index is 4.31. The number of hydrogen-bond acceptors (Lipinski definition) is 3. The van der Waals surface area contributed by atoms with Gasteiger partial charge in [-0.3, -0.25) is 9.58 Å². The molecule has 3 fully saturated rings. The summed E-state index contributed by atoms with van der Waals surface area (Å²) in [5, 5.41) is 4.31. The smallest absolute Gasteiger partial charge is 0.0489 e. The summed E-state index contributed by atoms with van der Waals surface area (Å²) in [5.74, 6) is 1.95. The molecule has 1 aromatic rings. The van der Waals surface area contributed by atoms with Crippen molar-refractivity contribution in [3.8, 4) is 0 Å². The molecule has 2 aliphatic heterocycles. The molecule has 1 saturated carbocycles. The van der Waals surface area contributed by atoms with Gasteiger partial charge in [0.2, 0.25) is 0 Å². The lowest BCUT2D eigenvalue weighted by Gasteiger charge is -2.34. The normalized spacial score (nSPS) is 30.4. The van der Waals surface area contributed by atoms with Crippen molar-refractivity contribution in [2.24, 2.45) is 11.8 Å². The standard InChI is InChI=1S/C18H30N4/c1-7-19-22(8-1)11-6-16-4-9-20(10-5-16)12-13-21-15-17-2-3-18(21)14-17/h1,7-8,16-18H,2-6,9-15H2/t17-,18+/m0/s1. The molecule has 1 aromatic heterocycles. The molecule has 3 aliphatic rings. The van der Waals surface area contributed by atoms with Crippen molar-refractivity contribution in [1.29, 1.82) is 0 Å². The monoisotopic (exact) mass is 302 g/mol. The molecule has 2 saturated heterocycles. The Bertz CT molecular complexity index is 450. The highest BCUT2D eigenvalue weighted by Gasteiger charge is 2.37. The van der Waals surface area contributed by atoms with Crippen LogP contribution < -0.4 is 0 Å². The lowest BCUT2D eigenvalue weighted by molar-refractivity contribution is 0.136. The van der Waals surface area contributed by atoms with Crippen LogP contribution in [0.4, 0.5) is 0 Å². The highest BCUT2D eigenvalue weighted by molar-refractivity contribution is 4.92. The number of likely N-dealkylation sites (tertiary alicyclic amines) is 2. The first-order valence-corrected chi connectivity index (χ1v) is 9.30. The Balaban J connectivity index is 1.13. The number of hydrogen-bond donors (Lipinski definition) is 0. The predicted molar refractivity (Wildman–Crippen MR) is 88.7 cm³/mol. The molecule has 4 nitrogen and oxygen atoms in total. The molecule has 0 spiro atoms. The molecule has 4 rings (SSSR count). The van der Waals surface area contributed by atoms with Crippen molar-refractivity contribution in [1.82, 2.24) is 19.6 Å². The third-order valence-corrected chi connectivity index (χ3v) is 6.26. The van der Waals surface area contributed by atoms with Gasteiger partial charge in [-0.2, -0.15) is 5.10 Å². The van der Waals surface area contributed by atoms with Gasteiger partial charge in [0.15, 0.2) is 0 Å². The summed E-state index contributed by atoms with van der Waals surface area (Å²) in [6.07, 6.45) is 12.5. The van der Waals surface area contributed by atoms with Gasteiger partial charge < -0.3 is 4.90 Å². The van der Waals surface area contributed by atoms with E-state index in [-0.39, 0.29) is 0 Å². The molecular formula is C18H30N4. The van der Waals surface area contributed by atoms with Gasteiger partial charge in [-0.1, -0.05) is 0 Å². The lowest BCUT2D eigenvalue weighted by Crippen LogP contribution is -2.42. The number of piperidine rings is 2. The van der Waals surface area contributed by atoms with Crippen LogP contribution in [0.2, 0.25) is 0 Å². The van der Waals surface area contributed by atoms with Crippen LogP contribution >= 0.6 is 0 Å². The third kappa shape index (κ3) is 3.38. The zero-order valence-electron chi connectivity index (χ0n) is 13.7. The van der Waals surface area contributed by atoms with Crippen LogP contribution in [0.5, 0.6) is 0 Å². The number of aryl methyl sites for hydroxylation is 1. The van der Waals surface area contributed by atoms with E-state index in [0.717, 1.165) is 24.4 Å². The number of fused-ring (bicyclic) bond motifs is 2. The molecule has 122 valence electrons. The van der Waals surface area contributed by atoms with Gasteiger partial charge in [0, 0.05) is 44.6 Å². The fourth-order valence-electron chi connectivity index (χ4n) is 4.82. The average molecular weight is 302 g/mol. The second kappa shape index (κ2) is 6.71. The van der Waals surface area contributed by atoms with Crippen molar-refractivity contribution in [3.63, 3.8) is 0 Å². The third-order valence-electron chi connectivity index (χ3n) is 6.26. The minimum atomic E-state index is 0.906. The highest BCUT2D eigenvalue weighted by atomic mass is 15.3. The van der Waals surface area contributed by atoms with Crippen LogP contribution in [0.1, 0.15) is 38.5 Å². The molecule has 0 aromatic carbocycles. The largest absolute Gasteiger partial charge is 0.302 e. The van der Waals surface area contributed by atoms with Gasteiger partial charge in [-0.15, -0.1) is 0 Å². The van der Waals surface area contributed by atoms with Gasteiger partial charge in [-0.25, -0.2) is 0 Å². The lowest BCUT2D eigenvalue weighted by atomic mass is 9.93. The zero-order chi connectivity index (χ0) is 14.8. The van der Waals surface area contributed by atoms with E-state index in [1.807, 2.05) is 12.3 Å². The number of aromatic nitrogens is 2. The van der Waals surface area contributed by atoms with Gasteiger partial charge >= 0.3 is 0 Å². The summed E-state index contributed by atoms with van der Waals surface area (Å²) in [5.41, 5.74) is 0. The maximum Gasteiger partial charge on any atom is 0.0489 e. The molecule has 3 heterocycles. The molecule has 22 heavy (non-hydrogen) atoms. The molecule has 0 amide bonds. The molecule has 0 N–H and O–H groups in total. The minimum Gasteiger partial charge on any atom is -0.302 e. The van der Waals surface area contributed by atoms with Crippen molar-refractivity contribution in [2.45, 2.75) is 51.1 Å². The van der Waals surface area contributed by atoms with Crippen LogP contribution in [0.3, 0.4) is 0 Å². The predicted octanol–water partition coefficient (Wildman–Crippen LogP) is 2.47. The fourth-order valence-corrected chi connectivity index (χ4v) is 4.82. The van der Waals surface area contributed by atoms with E-state index in [9.17, 15) is 0 Å². The molecule has 1 aliphatic carbocycles. The Kier molecular flexibility index (Phi) is 4.49. The van der Waals surface area contributed by atoms with Crippen LogP contribution in [0.15, 0.2) is 18.5 Å². The Morgan fingerprint density at radius 2 is 1.91 bits per heavy atom. The van der Waals surface area contributed by atoms with E-state index >= 15 is 0 Å².